The topological polar surface area (TPSA) is 45.3 Å². The van der Waals surface area contributed by atoms with Gasteiger partial charge < -0.3 is 14.6 Å². The van der Waals surface area contributed by atoms with E-state index in [1.54, 1.807) is 0 Å². The maximum absolute atomic E-state index is 12.7. The van der Waals surface area contributed by atoms with Crippen molar-refractivity contribution in [3.63, 3.8) is 0 Å². The first kappa shape index (κ1) is 15.8. The van der Waals surface area contributed by atoms with Gasteiger partial charge in [-0.2, -0.15) is 0 Å². The van der Waals surface area contributed by atoms with Crippen molar-refractivity contribution in [3.8, 4) is 0 Å². The number of benzene rings is 2. The molecule has 2 aromatic carbocycles. The summed E-state index contributed by atoms with van der Waals surface area (Å²) in [6, 6.07) is 18.4. The summed E-state index contributed by atoms with van der Waals surface area (Å²) >= 11 is 0. The van der Waals surface area contributed by atoms with E-state index in [4.69, 9.17) is 4.74 Å². The number of hydrogen-bond acceptors (Lipinski definition) is 2. The van der Waals surface area contributed by atoms with Crippen LogP contribution in [0.4, 0.5) is 4.79 Å². The molecule has 1 aliphatic heterocycles. The smallest absolute Gasteiger partial charge is 0.410 e. The average molecular weight is 334 g/mol. The van der Waals surface area contributed by atoms with Crippen LogP contribution < -0.4 is 0 Å². The van der Waals surface area contributed by atoms with Crippen LogP contribution in [0.5, 0.6) is 0 Å². The van der Waals surface area contributed by atoms with E-state index in [9.17, 15) is 4.79 Å². The number of ether oxygens (including phenoxy) is 1. The number of rotatable bonds is 3. The SMILES string of the molecule is O=C(OCc1ccccc1)N1CCCC[C@@H]1c1ccc2[nH]ccc2c1. The first-order valence-electron chi connectivity index (χ1n) is 8.85. The molecule has 1 fully saturated rings. The second-order valence-electron chi connectivity index (χ2n) is 6.57. The van der Waals surface area contributed by atoms with E-state index >= 15 is 0 Å². The fourth-order valence-corrected chi connectivity index (χ4v) is 3.58. The van der Waals surface area contributed by atoms with Crippen molar-refractivity contribution >= 4 is 17.0 Å². The molecule has 128 valence electrons. The number of H-pyrrole nitrogens is 1. The van der Waals surface area contributed by atoms with Crippen molar-refractivity contribution in [2.75, 3.05) is 6.54 Å². The summed E-state index contributed by atoms with van der Waals surface area (Å²) in [5.41, 5.74) is 3.32. The standard InChI is InChI=1S/C21H22N2O2/c24-21(25-15-16-6-2-1-3-7-16)23-13-5-4-8-20(23)18-9-10-19-17(14-18)11-12-22-19/h1-3,6-7,9-12,14,20,22H,4-5,8,13,15H2/t20-/m1/s1. The Labute approximate surface area is 147 Å². The number of carbonyl (C=O) groups excluding carboxylic acids is 1. The molecule has 0 unspecified atom stereocenters. The van der Waals surface area contributed by atoms with Crippen LogP contribution in [-0.2, 0) is 11.3 Å². The largest absolute Gasteiger partial charge is 0.445 e. The summed E-state index contributed by atoms with van der Waals surface area (Å²) in [7, 11) is 0. The molecule has 4 nitrogen and oxygen atoms in total. The Kier molecular flexibility index (Phi) is 4.42. The molecule has 0 bridgehead atoms. The molecule has 1 saturated heterocycles. The van der Waals surface area contributed by atoms with E-state index in [1.807, 2.05) is 41.4 Å². The lowest BCUT2D eigenvalue weighted by atomic mass is 9.95. The van der Waals surface area contributed by atoms with Gasteiger partial charge in [-0.05, 0) is 54.0 Å². The molecular formula is C21H22N2O2. The van der Waals surface area contributed by atoms with Crippen LogP contribution in [0.2, 0.25) is 0 Å². The number of hydrogen-bond donors (Lipinski definition) is 1. The minimum absolute atomic E-state index is 0.0938. The predicted octanol–water partition coefficient (Wildman–Crippen LogP) is 5.03. The number of carbonyl (C=O) groups is 1. The minimum Gasteiger partial charge on any atom is -0.445 e. The third-order valence-electron chi connectivity index (χ3n) is 4.90. The lowest BCUT2D eigenvalue weighted by Gasteiger charge is -2.35. The third-order valence-corrected chi connectivity index (χ3v) is 4.90. The van der Waals surface area contributed by atoms with Crippen molar-refractivity contribution < 1.29 is 9.53 Å². The highest BCUT2D eigenvalue weighted by Gasteiger charge is 2.29. The van der Waals surface area contributed by atoms with Gasteiger partial charge in [-0.15, -0.1) is 0 Å². The predicted molar refractivity (Wildman–Crippen MR) is 98.2 cm³/mol. The van der Waals surface area contributed by atoms with E-state index in [0.29, 0.717) is 6.61 Å². The molecule has 0 radical (unpaired) electrons. The van der Waals surface area contributed by atoms with Gasteiger partial charge in [0.1, 0.15) is 6.61 Å². The van der Waals surface area contributed by atoms with Crippen molar-refractivity contribution in [1.29, 1.82) is 0 Å². The molecule has 0 spiro atoms. The van der Waals surface area contributed by atoms with Crippen molar-refractivity contribution in [2.24, 2.45) is 0 Å². The molecule has 1 aromatic heterocycles. The molecule has 0 aliphatic carbocycles. The van der Waals surface area contributed by atoms with Gasteiger partial charge in [0.15, 0.2) is 0 Å². The molecule has 25 heavy (non-hydrogen) atoms. The van der Waals surface area contributed by atoms with Gasteiger partial charge in [-0.1, -0.05) is 36.4 Å². The van der Waals surface area contributed by atoms with Crippen LogP contribution >= 0.6 is 0 Å². The quantitative estimate of drug-likeness (QED) is 0.730. The Morgan fingerprint density at radius 2 is 2.00 bits per heavy atom. The van der Waals surface area contributed by atoms with Gasteiger partial charge in [0.05, 0.1) is 6.04 Å². The molecule has 4 rings (SSSR count). The van der Waals surface area contributed by atoms with E-state index in [1.165, 1.54) is 10.9 Å². The summed E-state index contributed by atoms with van der Waals surface area (Å²) in [6.45, 7) is 1.07. The maximum Gasteiger partial charge on any atom is 0.410 e. The summed E-state index contributed by atoms with van der Waals surface area (Å²) in [6.07, 6.45) is 4.88. The minimum atomic E-state index is -0.220. The number of nitrogens with one attached hydrogen (secondary N) is 1. The number of likely N-dealkylation sites (tertiary alicyclic amines) is 1. The average Bonchev–Trinajstić information content (AvgIpc) is 3.15. The van der Waals surface area contributed by atoms with Crippen LogP contribution in [0.3, 0.4) is 0 Å². The van der Waals surface area contributed by atoms with E-state index in [-0.39, 0.29) is 12.1 Å². The fourth-order valence-electron chi connectivity index (χ4n) is 3.58. The first-order valence-corrected chi connectivity index (χ1v) is 8.85. The van der Waals surface area contributed by atoms with Crippen LogP contribution in [0.25, 0.3) is 10.9 Å². The highest BCUT2D eigenvalue weighted by atomic mass is 16.6. The summed E-state index contributed by atoms with van der Waals surface area (Å²) < 4.78 is 5.57. The highest BCUT2D eigenvalue weighted by molar-refractivity contribution is 5.80. The first-order chi connectivity index (χ1) is 12.3. The van der Waals surface area contributed by atoms with Gasteiger partial charge >= 0.3 is 6.09 Å². The number of nitrogens with zero attached hydrogens (tertiary/aromatic N) is 1. The van der Waals surface area contributed by atoms with Crippen molar-refractivity contribution in [1.82, 2.24) is 9.88 Å². The summed E-state index contributed by atoms with van der Waals surface area (Å²) in [5.74, 6) is 0. The number of aromatic amines is 1. The van der Waals surface area contributed by atoms with Crippen molar-refractivity contribution in [2.45, 2.75) is 31.9 Å². The number of fused-ring (bicyclic) bond motifs is 1. The Balaban J connectivity index is 1.50. The molecule has 3 aromatic rings. The van der Waals surface area contributed by atoms with Crippen molar-refractivity contribution in [3.05, 3.63) is 71.9 Å². The molecule has 1 N–H and O–H groups in total. The zero-order valence-corrected chi connectivity index (χ0v) is 14.2. The van der Waals surface area contributed by atoms with Crippen LogP contribution in [0, 0.1) is 0 Å². The lowest BCUT2D eigenvalue weighted by molar-refractivity contribution is 0.0679. The monoisotopic (exact) mass is 334 g/mol. The molecule has 4 heteroatoms. The van der Waals surface area contributed by atoms with Gasteiger partial charge in [0.2, 0.25) is 0 Å². The fraction of sp³-hybridized carbons (Fsp3) is 0.286. The molecular weight excluding hydrogens is 312 g/mol. The molecule has 0 saturated carbocycles. The Morgan fingerprint density at radius 1 is 1.12 bits per heavy atom. The highest BCUT2D eigenvalue weighted by Crippen LogP contribution is 2.33. The summed E-state index contributed by atoms with van der Waals surface area (Å²) in [5, 5.41) is 1.18. The molecule has 1 atom stereocenters. The zero-order valence-electron chi connectivity index (χ0n) is 14.2. The van der Waals surface area contributed by atoms with Crippen LogP contribution in [0.1, 0.15) is 36.4 Å². The van der Waals surface area contributed by atoms with Crippen LogP contribution in [0.15, 0.2) is 60.8 Å². The second kappa shape index (κ2) is 7.01. The Hall–Kier alpha value is -2.75. The van der Waals surface area contributed by atoms with E-state index < -0.39 is 0 Å². The molecule has 2 heterocycles. The maximum atomic E-state index is 12.7. The summed E-state index contributed by atoms with van der Waals surface area (Å²) in [4.78, 5) is 17.8. The lowest BCUT2D eigenvalue weighted by Crippen LogP contribution is -2.38. The van der Waals surface area contributed by atoms with E-state index in [0.717, 1.165) is 36.9 Å². The van der Waals surface area contributed by atoms with Crippen LogP contribution in [-0.4, -0.2) is 22.5 Å². The van der Waals surface area contributed by atoms with Gasteiger partial charge in [-0.3, -0.25) is 0 Å². The van der Waals surface area contributed by atoms with Gasteiger partial charge in [0.25, 0.3) is 0 Å². The zero-order chi connectivity index (χ0) is 17.1. The number of aromatic nitrogens is 1. The molecule has 1 aliphatic rings. The Bertz CT molecular complexity index is 856. The van der Waals surface area contributed by atoms with E-state index in [2.05, 4.69) is 29.2 Å². The molecule has 1 amide bonds. The Morgan fingerprint density at radius 3 is 2.88 bits per heavy atom. The normalized spacial score (nSPS) is 17.6. The van der Waals surface area contributed by atoms with Gasteiger partial charge in [-0.25, -0.2) is 4.79 Å². The number of amides is 1. The second-order valence-corrected chi connectivity index (χ2v) is 6.57. The van der Waals surface area contributed by atoms with Gasteiger partial charge in [0, 0.05) is 18.3 Å². The third kappa shape index (κ3) is 3.38. The number of piperidine rings is 1.